The maximum absolute atomic E-state index is 14.4. The van der Waals surface area contributed by atoms with Crippen LogP contribution in [-0.4, -0.2) is 52.7 Å². The van der Waals surface area contributed by atoms with Gasteiger partial charge in [-0.3, -0.25) is 9.69 Å². The van der Waals surface area contributed by atoms with Crippen LogP contribution >= 0.6 is 11.6 Å². The van der Waals surface area contributed by atoms with Crippen LogP contribution in [0.4, 0.5) is 29.9 Å². The van der Waals surface area contributed by atoms with Gasteiger partial charge >= 0.3 is 12.1 Å². The summed E-state index contributed by atoms with van der Waals surface area (Å²) in [6, 6.07) is 3.09. The van der Waals surface area contributed by atoms with Crippen molar-refractivity contribution < 1.29 is 28.3 Å². The third kappa shape index (κ3) is 3.46. The predicted molar refractivity (Wildman–Crippen MR) is 107 cm³/mol. The second-order valence-electron chi connectivity index (χ2n) is 7.28. The lowest BCUT2D eigenvalue weighted by Gasteiger charge is -2.26. The molecule has 1 N–H and O–H groups in total. The summed E-state index contributed by atoms with van der Waals surface area (Å²) in [7, 11) is 1.23. The Balaban J connectivity index is 1.72. The zero-order chi connectivity index (χ0) is 22.4. The molecule has 1 atom stereocenters. The van der Waals surface area contributed by atoms with Crippen LogP contribution < -0.4 is 9.80 Å². The van der Waals surface area contributed by atoms with E-state index in [2.05, 4.69) is 4.98 Å². The number of halogens is 3. The van der Waals surface area contributed by atoms with Crippen molar-refractivity contribution in [3.05, 3.63) is 52.2 Å². The molecule has 31 heavy (non-hydrogen) atoms. The fourth-order valence-corrected chi connectivity index (χ4v) is 4.02. The number of carboxylic acid groups (broad SMARTS) is 1. The Morgan fingerprint density at radius 2 is 1.97 bits per heavy atom. The molecule has 2 aromatic rings. The number of urea groups is 1. The van der Waals surface area contributed by atoms with Gasteiger partial charge in [0.25, 0.3) is 5.91 Å². The maximum atomic E-state index is 14.4. The second kappa shape index (κ2) is 7.77. The number of rotatable bonds is 3. The zero-order valence-corrected chi connectivity index (χ0v) is 17.1. The van der Waals surface area contributed by atoms with E-state index in [1.807, 2.05) is 0 Å². The number of pyridine rings is 1. The monoisotopic (exact) mass is 450 g/mol. The number of benzene rings is 1. The van der Waals surface area contributed by atoms with E-state index >= 15 is 0 Å². The van der Waals surface area contributed by atoms with E-state index in [-0.39, 0.29) is 11.5 Å². The summed E-state index contributed by atoms with van der Waals surface area (Å²) < 4.78 is 27.9. The second-order valence-corrected chi connectivity index (χ2v) is 7.66. The molecule has 0 unspecified atom stereocenters. The van der Waals surface area contributed by atoms with E-state index < -0.39 is 47.3 Å². The van der Waals surface area contributed by atoms with Gasteiger partial charge in [-0.05, 0) is 43.0 Å². The molecule has 4 rings (SSSR count). The largest absolute Gasteiger partial charge is 0.465 e. The standard InChI is InChI=1S/C20H17ClF2N4O4/c1-25(13-7-6-11(22)16(21)17(13)23)18(28)14-9-26(20(30)31)19(29)27(14)15-8-5-10-3-2-4-12(10)24-15/h5-8,14H,2-4,9H2,1H3,(H,30,31)/t14-/m0/s1. The molecular formula is C20H17ClF2N4O4. The van der Waals surface area contributed by atoms with Gasteiger partial charge in [-0.1, -0.05) is 17.7 Å². The molecule has 0 spiro atoms. The van der Waals surface area contributed by atoms with E-state index in [1.165, 1.54) is 7.05 Å². The van der Waals surface area contributed by atoms with Crippen molar-refractivity contribution in [2.24, 2.45) is 0 Å². The van der Waals surface area contributed by atoms with Crippen molar-refractivity contribution in [3.63, 3.8) is 0 Å². The van der Waals surface area contributed by atoms with Crippen LogP contribution in [-0.2, 0) is 17.6 Å². The Morgan fingerprint density at radius 1 is 1.23 bits per heavy atom. The van der Waals surface area contributed by atoms with Gasteiger partial charge < -0.3 is 10.0 Å². The van der Waals surface area contributed by atoms with E-state index in [9.17, 15) is 28.3 Å². The number of fused-ring (bicyclic) bond motifs is 1. The number of hydrogen-bond acceptors (Lipinski definition) is 4. The van der Waals surface area contributed by atoms with Gasteiger partial charge in [0.2, 0.25) is 0 Å². The molecule has 1 aliphatic carbocycles. The first-order valence-corrected chi connectivity index (χ1v) is 9.82. The molecule has 2 heterocycles. The summed E-state index contributed by atoms with van der Waals surface area (Å²) in [5.74, 6) is -2.76. The maximum Gasteiger partial charge on any atom is 0.415 e. The summed E-state index contributed by atoms with van der Waals surface area (Å²) in [4.78, 5) is 44.4. The van der Waals surface area contributed by atoms with Gasteiger partial charge in [-0.25, -0.2) is 28.3 Å². The quantitative estimate of drug-likeness (QED) is 0.723. The first-order valence-electron chi connectivity index (χ1n) is 9.44. The topological polar surface area (TPSA) is 94.1 Å². The highest BCUT2D eigenvalue weighted by Crippen LogP contribution is 2.31. The summed E-state index contributed by atoms with van der Waals surface area (Å²) in [5, 5.41) is 8.61. The van der Waals surface area contributed by atoms with Crippen LogP contribution in [0.5, 0.6) is 0 Å². The van der Waals surface area contributed by atoms with E-state index in [1.54, 1.807) is 12.1 Å². The van der Waals surface area contributed by atoms with Crippen LogP contribution in [0.1, 0.15) is 17.7 Å². The molecule has 1 saturated heterocycles. The number of carbonyl (C=O) groups is 3. The third-order valence-corrected chi connectivity index (χ3v) is 5.83. The predicted octanol–water partition coefficient (Wildman–Crippen LogP) is 3.45. The average molecular weight is 451 g/mol. The smallest absolute Gasteiger partial charge is 0.415 e. The van der Waals surface area contributed by atoms with Gasteiger partial charge in [-0.15, -0.1) is 0 Å². The van der Waals surface area contributed by atoms with Crippen molar-refractivity contribution in [1.29, 1.82) is 0 Å². The van der Waals surface area contributed by atoms with Gasteiger partial charge in [0, 0.05) is 12.7 Å². The van der Waals surface area contributed by atoms with Gasteiger partial charge in [0.05, 0.1) is 12.2 Å². The highest BCUT2D eigenvalue weighted by atomic mass is 35.5. The van der Waals surface area contributed by atoms with Crippen molar-refractivity contribution in [1.82, 2.24) is 9.88 Å². The number of carbonyl (C=O) groups excluding carboxylic acids is 2. The first-order chi connectivity index (χ1) is 14.7. The fraction of sp³-hybridized carbons (Fsp3) is 0.300. The third-order valence-electron chi connectivity index (χ3n) is 5.49. The van der Waals surface area contributed by atoms with Gasteiger partial charge in [0.1, 0.15) is 22.7 Å². The lowest BCUT2D eigenvalue weighted by atomic mass is 10.2. The van der Waals surface area contributed by atoms with Gasteiger partial charge in [-0.2, -0.15) is 0 Å². The normalized spacial score (nSPS) is 17.8. The SMILES string of the molecule is CN(C(=O)[C@@H]1CN(C(=O)O)C(=O)N1c1ccc2c(n1)CCC2)c1ccc(F)c(Cl)c1F. The van der Waals surface area contributed by atoms with Crippen molar-refractivity contribution >= 4 is 41.1 Å². The first kappa shape index (κ1) is 21.0. The lowest BCUT2D eigenvalue weighted by Crippen LogP contribution is -2.47. The molecule has 1 aliphatic heterocycles. The van der Waals surface area contributed by atoms with Crippen LogP contribution in [0, 0.1) is 11.6 Å². The summed E-state index contributed by atoms with van der Waals surface area (Å²) >= 11 is 5.61. The van der Waals surface area contributed by atoms with Crippen molar-refractivity contribution in [2.75, 3.05) is 23.4 Å². The summed E-state index contributed by atoms with van der Waals surface area (Å²) in [5.41, 5.74) is 1.52. The Labute approximate surface area is 180 Å². The molecule has 2 aliphatic rings. The molecule has 162 valence electrons. The number of amides is 4. The minimum absolute atomic E-state index is 0.138. The zero-order valence-electron chi connectivity index (χ0n) is 16.3. The van der Waals surface area contributed by atoms with E-state index in [4.69, 9.17) is 11.6 Å². The molecule has 11 heteroatoms. The Kier molecular flexibility index (Phi) is 5.26. The van der Waals surface area contributed by atoms with Crippen LogP contribution in [0.25, 0.3) is 0 Å². The molecule has 0 radical (unpaired) electrons. The highest BCUT2D eigenvalue weighted by molar-refractivity contribution is 6.31. The molecule has 0 bridgehead atoms. The molecule has 4 amide bonds. The molecular weight excluding hydrogens is 434 g/mol. The molecule has 1 aromatic carbocycles. The van der Waals surface area contributed by atoms with Crippen molar-refractivity contribution in [2.45, 2.75) is 25.3 Å². The number of likely N-dealkylation sites (N-methyl/N-ethyl adjacent to an activating group) is 1. The Morgan fingerprint density at radius 3 is 2.68 bits per heavy atom. The van der Waals surface area contributed by atoms with Crippen LogP contribution in [0.3, 0.4) is 0 Å². The van der Waals surface area contributed by atoms with Crippen molar-refractivity contribution in [3.8, 4) is 0 Å². The Bertz CT molecular complexity index is 1110. The number of imide groups is 1. The highest BCUT2D eigenvalue weighted by Gasteiger charge is 2.47. The molecule has 1 fully saturated rings. The average Bonchev–Trinajstić information content (AvgIpc) is 3.34. The van der Waals surface area contributed by atoms with E-state index in [0.29, 0.717) is 11.3 Å². The minimum Gasteiger partial charge on any atom is -0.465 e. The summed E-state index contributed by atoms with van der Waals surface area (Å²) in [6.45, 7) is -0.466. The lowest BCUT2D eigenvalue weighted by molar-refractivity contribution is -0.119. The number of hydrogen-bond donors (Lipinski definition) is 1. The van der Waals surface area contributed by atoms with Crippen LogP contribution in [0.15, 0.2) is 24.3 Å². The number of nitrogens with zero attached hydrogens (tertiary/aromatic N) is 4. The molecule has 8 nitrogen and oxygen atoms in total. The number of aromatic nitrogens is 1. The van der Waals surface area contributed by atoms with Gasteiger partial charge in [0.15, 0.2) is 5.82 Å². The number of aryl methyl sites for hydroxylation is 2. The molecule has 0 saturated carbocycles. The van der Waals surface area contributed by atoms with Crippen LogP contribution in [0.2, 0.25) is 5.02 Å². The summed E-state index contributed by atoms with van der Waals surface area (Å²) in [6.07, 6.45) is 0.959. The number of anilines is 2. The fourth-order valence-electron chi connectivity index (χ4n) is 3.86. The Hall–Kier alpha value is -3.27. The van der Waals surface area contributed by atoms with E-state index in [0.717, 1.165) is 46.0 Å². The minimum atomic E-state index is -1.52. The molecule has 1 aromatic heterocycles.